The van der Waals surface area contributed by atoms with Gasteiger partial charge in [0, 0.05) is 6.42 Å². The maximum absolute atomic E-state index is 10.8. The number of hydrogen-bond donors (Lipinski definition) is 2. The molecule has 0 aromatic heterocycles. The first-order chi connectivity index (χ1) is 10.5. The summed E-state index contributed by atoms with van der Waals surface area (Å²) in [5, 5.41) is 28.5. The maximum atomic E-state index is 10.8. The van der Waals surface area contributed by atoms with Crippen molar-refractivity contribution in [3.05, 3.63) is 5.21 Å². The molecule has 2 N–H and O–H groups in total. The third-order valence-corrected chi connectivity index (χ3v) is 4.55. The second kappa shape index (κ2) is 14.4. The lowest BCUT2D eigenvalue weighted by atomic mass is 10.0. The van der Waals surface area contributed by atoms with Crippen molar-refractivity contribution in [2.24, 2.45) is 0 Å². The summed E-state index contributed by atoms with van der Waals surface area (Å²) in [6.07, 6.45) is 18.8. The summed E-state index contributed by atoms with van der Waals surface area (Å²) in [6.45, 7) is 3.84. The molecule has 4 nitrogen and oxygen atoms in total. The lowest BCUT2D eigenvalue weighted by Gasteiger charge is -2.30. The molecule has 0 fully saturated rings. The van der Waals surface area contributed by atoms with Gasteiger partial charge in [-0.1, -0.05) is 95.4 Å². The molecule has 0 rings (SSSR count). The smallest absolute Gasteiger partial charge is 0.149 e. The Kier molecular flexibility index (Phi) is 14.3. The highest BCUT2D eigenvalue weighted by molar-refractivity contribution is 4.52. The Morgan fingerprint density at radius 1 is 0.682 bits per heavy atom. The summed E-state index contributed by atoms with van der Waals surface area (Å²) in [7, 11) is 0. The molecule has 0 aliphatic rings. The van der Waals surface area contributed by atoms with E-state index in [1.54, 1.807) is 6.92 Å². The standard InChI is InChI=1S/C18H39NO3/c1-3-4-5-6-7-8-9-10-11-12-13-14-15-16-17-18(2)19(20,21)22/h18,20-21H,3-17H2,1-2H3. The van der Waals surface area contributed by atoms with E-state index in [1.807, 2.05) is 0 Å². The summed E-state index contributed by atoms with van der Waals surface area (Å²) >= 11 is 0. The van der Waals surface area contributed by atoms with Crippen LogP contribution in [0.4, 0.5) is 0 Å². The van der Waals surface area contributed by atoms with Crippen molar-refractivity contribution in [3.63, 3.8) is 0 Å². The highest BCUT2D eigenvalue weighted by Gasteiger charge is 2.20. The molecule has 134 valence electrons. The molecule has 0 spiro atoms. The van der Waals surface area contributed by atoms with Crippen LogP contribution in [0.5, 0.6) is 0 Å². The minimum atomic E-state index is -2.14. The van der Waals surface area contributed by atoms with E-state index in [0.29, 0.717) is 6.42 Å². The molecule has 0 aliphatic heterocycles. The Labute approximate surface area is 137 Å². The van der Waals surface area contributed by atoms with Crippen molar-refractivity contribution >= 4 is 0 Å². The first kappa shape index (κ1) is 21.8. The fourth-order valence-corrected chi connectivity index (χ4v) is 2.80. The van der Waals surface area contributed by atoms with E-state index in [4.69, 9.17) is 10.4 Å². The van der Waals surface area contributed by atoms with Gasteiger partial charge in [-0.2, -0.15) is 10.4 Å². The van der Waals surface area contributed by atoms with E-state index < -0.39 is 11.0 Å². The van der Waals surface area contributed by atoms with E-state index in [0.717, 1.165) is 12.8 Å². The van der Waals surface area contributed by atoms with Crippen LogP contribution in [-0.2, 0) is 0 Å². The van der Waals surface area contributed by atoms with Crippen molar-refractivity contribution in [3.8, 4) is 0 Å². The monoisotopic (exact) mass is 317 g/mol. The van der Waals surface area contributed by atoms with Gasteiger partial charge in [0.1, 0.15) is 6.04 Å². The molecule has 0 aliphatic carbocycles. The van der Waals surface area contributed by atoms with Crippen LogP contribution < -0.4 is 0 Å². The molecule has 0 aromatic carbocycles. The minimum Gasteiger partial charge on any atom is -0.564 e. The van der Waals surface area contributed by atoms with Gasteiger partial charge in [-0.15, -0.1) is 0 Å². The third kappa shape index (κ3) is 14.8. The summed E-state index contributed by atoms with van der Waals surface area (Å²) < 4.78 is 0. The van der Waals surface area contributed by atoms with E-state index in [9.17, 15) is 5.21 Å². The highest BCUT2D eigenvalue weighted by Crippen LogP contribution is 2.15. The van der Waals surface area contributed by atoms with E-state index in [1.165, 1.54) is 77.0 Å². The van der Waals surface area contributed by atoms with Crippen LogP contribution >= 0.6 is 0 Å². The molecule has 1 unspecified atom stereocenters. The van der Waals surface area contributed by atoms with Gasteiger partial charge in [-0.3, -0.25) is 0 Å². The zero-order chi connectivity index (χ0) is 16.7. The number of nitrogens with zero attached hydrogens (tertiary/aromatic N) is 1. The zero-order valence-corrected chi connectivity index (χ0v) is 14.9. The third-order valence-electron chi connectivity index (χ3n) is 4.55. The van der Waals surface area contributed by atoms with Gasteiger partial charge in [-0.05, 0) is 13.3 Å². The molecule has 4 heteroatoms. The second-order valence-corrected chi connectivity index (χ2v) is 6.82. The average Bonchev–Trinajstić information content (AvgIpc) is 2.46. The van der Waals surface area contributed by atoms with Crippen molar-refractivity contribution in [2.45, 2.75) is 116 Å². The molecule has 1 atom stereocenters. The van der Waals surface area contributed by atoms with Gasteiger partial charge in [0.15, 0.2) is 0 Å². The first-order valence-electron chi connectivity index (χ1n) is 9.53. The van der Waals surface area contributed by atoms with Crippen molar-refractivity contribution in [2.75, 3.05) is 0 Å². The molecule has 0 radical (unpaired) electrons. The summed E-state index contributed by atoms with van der Waals surface area (Å²) in [6, 6.07) is -0.641. The fourth-order valence-electron chi connectivity index (χ4n) is 2.80. The van der Waals surface area contributed by atoms with Crippen molar-refractivity contribution in [1.82, 2.24) is 0 Å². The lowest BCUT2D eigenvalue weighted by Crippen LogP contribution is -2.42. The maximum Gasteiger partial charge on any atom is 0.149 e. The van der Waals surface area contributed by atoms with Gasteiger partial charge in [0.05, 0.1) is 0 Å². The quantitative estimate of drug-likeness (QED) is 0.198. The van der Waals surface area contributed by atoms with Crippen LogP contribution in [0, 0.1) is 5.21 Å². The molecular weight excluding hydrogens is 278 g/mol. The average molecular weight is 318 g/mol. The predicted molar refractivity (Wildman–Crippen MR) is 91.6 cm³/mol. The highest BCUT2D eigenvalue weighted by atomic mass is 17.1. The molecule has 0 saturated heterocycles. The van der Waals surface area contributed by atoms with Crippen LogP contribution in [0.25, 0.3) is 0 Å². The van der Waals surface area contributed by atoms with Gasteiger partial charge >= 0.3 is 0 Å². The van der Waals surface area contributed by atoms with Crippen molar-refractivity contribution < 1.29 is 15.4 Å². The van der Waals surface area contributed by atoms with Gasteiger partial charge in [-0.25, -0.2) is 0 Å². The number of quaternary nitrogens is 1. The fraction of sp³-hybridized carbons (Fsp3) is 1.00. The Balaban J connectivity index is 3.12. The predicted octanol–water partition coefficient (Wildman–Crippen LogP) is 6.34. The van der Waals surface area contributed by atoms with Gasteiger partial charge in [0.25, 0.3) is 0 Å². The first-order valence-corrected chi connectivity index (χ1v) is 9.53. The lowest BCUT2D eigenvalue weighted by molar-refractivity contribution is -1.23. The van der Waals surface area contributed by atoms with E-state index in [-0.39, 0.29) is 0 Å². The minimum absolute atomic E-state index is 0.578. The van der Waals surface area contributed by atoms with E-state index >= 15 is 0 Å². The number of rotatable bonds is 16. The SMILES string of the molecule is CCCCCCCCCCCCCCCCC(C)[N+]([O-])(O)O. The number of hydrogen-bond acceptors (Lipinski definition) is 3. The Morgan fingerprint density at radius 3 is 1.32 bits per heavy atom. The molecular formula is C18H39NO3. The van der Waals surface area contributed by atoms with E-state index in [2.05, 4.69) is 6.92 Å². The van der Waals surface area contributed by atoms with Crippen molar-refractivity contribution in [1.29, 1.82) is 0 Å². The second-order valence-electron chi connectivity index (χ2n) is 6.82. The summed E-state index contributed by atoms with van der Waals surface area (Å²) in [5.41, 5.74) is 0. The van der Waals surface area contributed by atoms with Gasteiger partial charge in [0.2, 0.25) is 0 Å². The molecule has 0 heterocycles. The normalized spacial score (nSPS) is 13.5. The Hall–Kier alpha value is -0.160. The largest absolute Gasteiger partial charge is 0.564 e. The van der Waals surface area contributed by atoms with Crippen LogP contribution in [0.1, 0.15) is 110 Å². The van der Waals surface area contributed by atoms with Crippen LogP contribution in [-0.4, -0.2) is 21.4 Å². The van der Waals surface area contributed by atoms with Crippen LogP contribution in [0.15, 0.2) is 0 Å². The topological polar surface area (TPSA) is 63.5 Å². The molecule has 0 aromatic rings. The van der Waals surface area contributed by atoms with Gasteiger partial charge < -0.3 is 5.21 Å². The molecule has 0 saturated carbocycles. The number of hydroxylamine groups is 3. The zero-order valence-electron chi connectivity index (χ0n) is 14.9. The Morgan fingerprint density at radius 2 is 1.00 bits per heavy atom. The van der Waals surface area contributed by atoms with Crippen LogP contribution in [0.2, 0.25) is 0 Å². The summed E-state index contributed by atoms with van der Waals surface area (Å²) in [4.78, 5) is -2.14. The summed E-state index contributed by atoms with van der Waals surface area (Å²) in [5.74, 6) is 0. The molecule has 0 amide bonds. The van der Waals surface area contributed by atoms with Crippen LogP contribution in [0.3, 0.4) is 0 Å². The molecule has 22 heavy (non-hydrogen) atoms. The number of unbranched alkanes of at least 4 members (excludes halogenated alkanes) is 13. The molecule has 0 bridgehead atoms. The Bertz CT molecular complexity index is 229.